The van der Waals surface area contributed by atoms with E-state index in [-0.39, 0.29) is 25.7 Å². The molecular weight excluding hydrogens is 1380 g/mol. The summed E-state index contributed by atoms with van der Waals surface area (Å²) in [5.41, 5.74) is 0. The van der Waals surface area contributed by atoms with E-state index in [0.29, 0.717) is 25.7 Å². The average molecular weight is 1550 g/mol. The van der Waals surface area contributed by atoms with Gasteiger partial charge in [0.2, 0.25) is 0 Å². The predicted octanol–water partition coefficient (Wildman–Crippen LogP) is 26.6. The van der Waals surface area contributed by atoms with Crippen LogP contribution in [0.5, 0.6) is 0 Å². The Bertz CT molecular complexity index is 2030. The maximum atomic E-state index is 13.2. The lowest BCUT2D eigenvalue weighted by Crippen LogP contribution is -2.30. The molecule has 0 bridgehead atoms. The number of phosphoric ester groups is 2. The van der Waals surface area contributed by atoms with Crippen molar-refractivity contribution in [2.45, 2.75) is 484 Å². The number of ether oxygens (including phenoxy) is 4. The third-order valence-electron chi connectivity index (χ3n) is 21.2. The number of esters is 4. The zero-order chi connectivity index (χ0) is 77.8. The van der Waals surface area contributed by atoms with Crippen molar-refractivity contribution in [3.8, 4) is 0 Å². The molecule has 0 spiro atoms. The summed E-state index contributed by atoms with van der Waals surface area (Å²) in [6.07, 6.45) is 70.8. The summed E-state index contributed by atoms with van der Waals surface area (Å²) in [7, 11) is -9.93. The second-order valence-electron chi connectivity index (χ2n) is 31.8. The van der Waals surface area contributed by atoms with Crippen LogP contribution in [-0.2, 0) is 65.4 Å². The molecule has 19 heteroatoms. The zero-order valence-electron chi connectivity index (χ0n) is 69.7. The van der Waals surface area contributed by atoms with Crippen LogP contribution in [0.3, 0.4) is 0 Å². The molecular formula is C87H170O17P2. The number of aliphatic hydroxyl groups excluding tert-OH is 1. The first-order chi connectivity index (χ1) is 51.4. The van der Waals surface area contributed by atoms with Gasteiger partial charge in [0.25, 0.3) is 0 Å². The smallest absolute Gasteiger partial charge is 0.462 e. The van der Waals surface area contributed by atoms with Crippen LogP contribution in [0.1, 0.15) is 465 Å². The highest BCUT2D eigenvalue weighted by atomic mass is 31.2. The minimum absolute atomic E-state index is 0.108. The van der Waals surface area contributed by atoms with Crippen molar-refractivity contribution in [1.82, 2.24) is 0 Å². The number of unbranched alkanes of at least 4 members (excludes halogenated alkanes) is 54. The molecule has 0 aliphatic carbocycles. The van der Waals surface area contributed by atoms with Gasteiger partial charge in [-0.1, -0.05) is 414 Å². The summed E-state index contributed by atoms with van der Waals surface area (Å²) in [4.78, 5) is 73.2. The topological polar surface area (TPSA) is 237 Å². The summed E-state index contributed by atoms with van der Waals surface area (Å²) in [6, 6.07) is 0. The molecule has 0 aliphatic heterocycles. The zero-order valence-corrected chi connectivity index (χ0v) is 71.5. The van der Waals surface area contributed by atoms with E-state index in [0.717, 1.165) is 108 Å². The third-order valence-corrected chi connectivity index (χ3v) is 23.1. The van der Waals surface area contributed by atoms with E-state index in [1.54, 1.807) is 0 Å². The molecule has 0 rings (SSSR count). The predicted molar refractivity (Wildman–Crippen MR) is 437 cm³/mol. The van der Waals surface area contributed by atoms with Gasteiger partial charge in [-0.05, 0) is 37.5 Å². The first kappa shape index (κ1) is 104. The first-order valence-corrected chi connectivity index (χ1v) is 48.1. The highest BCUT2D eigenvalue weighted by Gasteiger charge is 2.30. The molecule has 106 heavy (non-hydrogen) atoms. The first-order valence-electron chi connectivity index (χ1n) is 45.1. The fourth-order valence-electron chi connectivity index (χ4n) is 13.5. The standard InChI is InChI=1S/C87H170O17P2/c1-7-11-13-15-17-19-21-23-25-29-34-38-42-46-50-57-63-69-84(89)97-75-82(103-86(91)71-65-60-52-48-44-40-36-32-28-27-31-33-37-41-45-49-55-61-67-79(5)9-3)77-101-105(93,94)99-73-81(88)74-100-106(95,96)102-78-83(76-98-85(90)70-64-58-54-53-56-62-68-80(6)10-4)104-87(92)72-66-59-51-47-43-39-35-30-26-24-22-20-18-16-14-12-8-2/h79-83,88H,7-78H2,1-6H3,(H,93,94)(H,95,96)/t79?,80?,81-,82-,83-/m1/s1. The number of phosphoric acid groups is 2. The van der Waals surface area contributed by atoms with Crippen LogP contribution in [-0.4, -0.2) is 96.7 Å². The van der Waals surface area contributed by atoms with Gasteiger partial charge in [0.1, 0.15) is 19.3 Å². The highest BCUT2D eigenvalue weighted by molar-refractivity contribution is 7.47. The van der Waals surface area contributed by atoms with E-state index >= 15 is 0 Å². The van der Waals surface area contributed by atoms with Crippen molar-refractivity contribution in [1.29, 1.82) is 0 Å². The Balaban J connectivity index is 5.22. The lowest BCUT2D eigenvalue weighted by molar-refractivity contribution is -0.161. The molecule has 17 nitrogen and oxygen atoms in total. The molecule has 0 amide bonds. The monoisotopic (exact) mass is 1550 g/mol. The molecule has 3 N–H and O–H groups in total. The van der Waals surface area contributed by atoms with Gasteiger partial charge in [0.05, 0.1) is 26.4 Å². The molecule has 0 aromatic rings. The number of rotatable bonds is 86. The van der Waals surface area contributed by atoms with Crippen LogP contribution in [0.25, 0.3) is 0 Å². The largest absolute Gasteiger partial charge is 0.472 e. The molecule has 0 saturated carbocycles. The second-order valence-corrected chi connectivity index (χ2v) is 34.7. The van der Waals surface area contributed by atoms with Crippen LogP contribution in [0, 0.1) is 11.8 Å². The average Bonchev–Trinajstić information content (AvgIpc) is 0.904. The SMILES string of the molecule is CCCCCCCCCCCCCCCCCCCC(=O)OC[C@H](COP(=O)(O)OC[C@@H](O)COP(=O)(O)OC[C@@H](COC(=O)CCCCCCCCC(C)CC)OC(=O)CCCCCCCCCCCCCCCCCCC)OC(=O)CCCCCCCCCCCCCCCCCCCCC(C)CC. The van der Waals surface area contributed by atoms with Gasteiger partial charge < -0.3 is 33.8 Å². The van der Waals surface area contributed by atoms with Crippen molar-refractivity contribution in [3.63, 3.8) is 0 Å². The second kappa shape index (κ2) is 78.3. The van der Waals surface area contributed by atoms with Crippen LogP contribution in [0.2, 0.25) is 0 Å². The molecule has 0 fully saturated rings. The lowest BCUT2D eigenvalue weighted by Gasteiger charge is -2.21. The van der Waals surface area contributed by atoms with Gasteiger partial charge in [-0.25, -0.2) is 9.13 Å². The summed E-state index contributed by atoms with van der Waals surface area (Å²) in [5.74, 6) is -0.499. The van der Waals surface area contributed by atoms with Crippen molar-refractivity contribution in [3.05, 3.63) is 0 Å². The molecule has 0 saturated heterocycles. The Morgan fingerprint density at radius 1 is 0.264 bits per heavy atom. The van der Waals surface area contributed by atoms with Crippen molar-refractivity contribution in [2.75, 3.05) is 39.6 Å². The van der Waals surface area contributed by atoms with E-state index in [1.807, 2.05) is 0 Å². The Kier molecular flexibility index (Phi) is 76.9. The highest BCUT2D eigenvalue weighted by Crippen LogP contribution is 2.45. The fourth-order valence-corrected chi connectivity index (χ4v) is 15.1. The van der Waals surface area contributed by atoms with Gasteiger partial charge >= 0.3 is 39.5 Å². The van der Waals surface area contributed by atoms with Crippen LogP contribution in [0.15, 0.2) is 0 Å². The van der Waals surface area contributed by atoms with E-state index in [2.05, 4.69) is 41.5 Å². The Morgan fingerprint density at radius 2 is 0.453 bits per heavy atom. The number of carbonyl (C=O) groups is 4. The van der Waals surface area contributed by atoms with Gasteiger partial charge in [-0.3, -0.25) is 37.3 Å². The number of aliphatic hydroxyl groups is 1. The molecule has 0 aromatic heterocycles. The fraction of sp³-hybridized carbons (Fsp3) is 0.954. The van der Waals surface area contributed by atoms with E-state index in [1.165, 1.54) is 276 Å². The number of carbonyl (C=O) groups excluding carboxylic acids is 4. The minimum Gasteiger partial charge on any atom is -0.462 e. The maximum Gasteiger partial charge on any atom is 0.472 e. The molecule has 0 radical (unpaired) electrons. The number of hydrogen-bond donors (Lipinski definition) is 3. The maximum absolute atomic E-state index is 13.2. The molecule has 0 aromatic carbocycles. The Labute approximate surface area is 651 Å². The van der Waals surface area contributed by atoms with Gasteiger partial charge in [0, 0.05) is 25.7 Å². The molecule has 0 heterocycles. The van der Waals surface area contributed by atoms with Crippen molar-refractivity contribution in [2.24, 2.45) is 11.8 Å². The summed E-state index contributed by atoms with van der Waals surface area (Å²) in [5, 5.41) is 10.7. The van der Waals surface area contributed by atoms with Crippen molar-refractivity contribution < 1.29 is 80.2 Å². The summed E-state index contributed by atoms with van der Waals surface area (Å²) < 4.78 is 68.9. The lowest BCUT2D eigenvalue weighted by atomic mass is 9.99. The van der Waals surface area contributed by atoms with E-state index < -0.39 is 97.5 Å². The van der Waals surface area contributed by atoms with Crippen LogP contribution in [0.4, 0.5) is 0 Å². The van der Waals surface area contributed by atoms with Gasteiger partial charge in [-0.2, -0.15) is 0 Å². The van der Waals surface area contributed by atoms with E-state index in [9.17, 15) is 43.2 Å². The Morgan fingerprint density at radius 3 is 0.670 bits per heavy atom. The molecule has 7 atom stereocenters. The normalized spacial score (nSPS) is 14.3. The Hall–Kier alpha value is -1.94. The summed E-state index contributed by atoms with van der Waals surface area (Å²) in [6.45, 7) is 9.71. The minimum atomic E-state index is -4.97. The molecule has 4 unspecified atom stereocenters. The quantitative estimate of drug-likeness (QED) is 0.0222. The summed E-state index contributed by atoms with van der Waals surface area (Å²) >= 11 is 0. The number of hydrogen-bond acceptors (Lipinski definition) is 15. The van der Waals surface area contributed by atoms with E-state index in [4.69, 9.17) is 37.0 Å². The third kappa shape index (κ3) is 77.4. The molecule has 0 aliphatic rings. The van der Waals surface area contributed by atoms with Gasteiger partial charge in [0.15, 0.2) is 12.2 Å². The molecule has 630 valence electrons. The van der Waals surface area contributed by atoms with Crippen LogP contribution >= 0.6 is 15.6 Å². The van der Waals surface area contributed by atoms with Crippen molar-refractivity contribution >= 4 is 39.5 Å². The van der Waals surface area contributed by atoms with Crippen LogP contribution < -0.4 is 0 Å². The van der Waals surface area contributed by atoms with Gasteiger partial charge in [-0.15, -0.1) is 0 Å².